The molecule has 6 heteroatoms. The molecule has 1 aliphatic rings. The molecule has 2 aromatic rings. The van der Waals surface area contributed by atoms with E-state index in [9.17, 15) is 4.79 Å². The summed E-state index contributed by atoms with van der Waals surface area (Å²) in [6.45, 7) is 1.40. The van der Waals surface area contributed by atoms with E-state index in [1.807, 2.05) is 18.2 Å². The van der Waals surface area contributed by atoms with Crippen LogP contribution in [0.4, 0.5) is 5.13 Å². The Morgan fingerprint density at radius 2 is 2.19 bits per heavy atom. The average Bonchev–Trinajstić information content (AvgIpc) is 2.97. The number of benzene rings is 1. The van der Waals surface area contributed by atoms with E-state index in [0.717, 1.165) is 30.3 Å². The van der Waals surface area contributed by atoms with Crippen molar-refractivity contribution in [1.82, 2.24) is 9.36 Å². The predicted molar refractivity (Wildman–Crippen MR) is 81.7 cm³/mol. The summed E-state index contributed by atoms with van der Waals surface area (Å²) in [6, 6.07) is 10.1. The number of carboxylic acids is 1. The highest BCUT2D eigenvalue weighted by Crippen LogP contribution is 2.25. The summed E-state index contributed by atoms with van der Waals surface area (Å²) in [5, 5.41) is 9.98. The van der Waals surface area contributed by atoms with E-state index >= 15 is 0 Å². The van der Waals surface area contributed by atoms with Crippen LogP contribution in [0, 0.1) is 5.92 Å². The van der Waals surface area contributed by atoms with Gasteiger partial charge in [0.25, 0.3) is 0 Å². The molecule has 1 N–H and O–H groups in total. The lowest BCUT2D eigenvalue weighted by Crippen LogP contribution is -2.38. The zero-order chi connectivity index (χ0) is 14.7. The van der Waals surface area contributed by atoms with Crippen LogP contribution in [-0.2, 0) is 11.2 Å². The third-order valence-corrected chi connectivity index (χ3v) is 4.52. The van der Waals surface area contributed by atoms with Crippen LogP contribution in [0.5, 0.6) is 0 Å². The van der Waals surface area contributed by atoms with Gasteiger partial charge in [-0.3, -0.25) is 4.79 Å². The van der Waals surface area contributed by atoms with Crippen molar-refractivity contribution < 1.29 is 9.90 Å². The summed E-state index contributed by atoms with van der Waals surface area (Å²) in [5.74, 6) is -0.201. The monoisotopic (exact) mass is 303 g/mol. The standard InChI is InChI=1S/C15H17N3O2S/c19-14(20)12-7-4-8-18(10-12)15-16-13(17-21-15)9-11-5-2-1-3-6-11/h1-3,5-6,12H,4,7-10H2,(H,19,20). The molecule has 0 aliphatic carbocycles. The Labute approximate surface area is 127 Å². The fourth-order valence-corrected chi connectivity index (χ4v) is 3.30. The van der Waals surface area contributed by atoms with Crippen LogP contribution >= 0.6 is 11.5 Å². The molecule has 1 atom stereocenters. The number of aliphatic carboxylic acids is 1. The Bertz CT molecular complexity index is 614. The van der Waals surface area contributed by atoms with E-state index in [4.69, 9.17) is 5.11 Å². The van der Waals surface area contributed by atoms with E-state index < -0.39 is 5.97 Å². The summed E-state index contributed by atoms with van der Waals surface area (Å²) < 4.78 is 4.40. The smallest absolute Gasteiger partial charge is 0.308 e. The van der Waals surface area contributed by atoms with E-state index in [2.05, 4.69) is 26.4 Å². The van der Waals surface area contributed by atoms with Crippen LogP contribution in [0.25, 0.3) is 0 Å². The van der Waals surface area contributed by atoms with Crippen LogP contribution in [0.2, 0.25) is 0 Å². The van der Waals surface area contributed by atoms with Gasteiger partial charge in [-0.25, -0.2) is 4.98 Å². The van der Waals surface area contributed by atoms with Gasteiger partial charge in [-0.1, -0.05) is 30.3 Å². The minimum absolute atomic E-state index is 0.291. The number of aromatic nitrogens is 2. The highest BCUT2D eigenvalue weighted by atomic mass is 32.1. The Hall–Kier alpha value is -1.95. The third kappa shape index (κ3) is 3.39. The first-order chi connectivity index (χ1) is 10.2. The first-order valence-corrected chi connectivity index (χ1v) is 7.84. The zero-order valence-electron chi connectivity index (χ0n) is 11.6. The van der Waals surface area contributed by atoms with Gasteiger partial charge in [0.05, 0.1) is 5.92 Å². The van der Waals surface area contributed by atoms with Crippen LogP contribution in [0.15, 0.2) is 30.3 Å². The van der Waals surface area contributed by atoms with Crippen LogP contribution in [-0.4, -0.2) is 33.5 Å². The van der Waals surface area contributed by atoms with Crippen molar-refractivity contribution in [3.8, 4) is 0 Å². The maximum Gasteiger partial charge on any atom is 0.308 e. The number of piperidine rings is 1. The minimum atomic E-state index is -0.714. The molecule has 1 fully saturated rings. The zero-order valence-corrected chi connectivity index (χ0v) is 12.4. The molecule has 5 nitrogen and oxygen atoms in total. The van der Waals surface area contributed by atoms with Gasteiger partial charge in [-0.2, -0.15) is 4.37 Å². The fraction of sp³-hybridized carbons (Fsp3) is 0.400. The highest BCUT2D eigenvalue weighted by molar-refractivity contribution is 7.09. The molecule has 0 saturated carbocycles. The van der Waals surface area contributed by atoms with Gasteiger partial charge < -0.3 is 10.0 Å². The van der Waals surface area contributed by atoms with Crippen molar-refractivity contribution in [2.45, 2.75) is 19.3 Å². The largest absolute Gasteiger partial charge is 0.481 e. The normalized spacial score (nSPS) is 18.7. The number of rotatable bonds is 4. The second-order valence-electron chi connectivity index (χ2n) is 5.28. The molecule has 110 valence electrons. The molecule has 21 heavy (non-hydrogen) atoms. The third-order valence-electron chi connectivity index (χ3n) is 3.70. The van der Waals surface area contributed by atoms with E-state index in [1.54, 1.807) is 0 Å². The Morgan fingerprint density at radius 1 is 1.38 bits per heavy atom. The lowest BCUT2D eigenvalue weighted by atomic mass is 9.99. The molecule has 3 rings (SSSR count). The number of carboxylic acid groups (broad SMARTS) is 1. The first kappa shape index (κ1) is 14.0. The minimum Gasteiger partial charge on any atom is -0.481 e. The molecule has 0 amide bonds. The molecule has 1 unspecified atom stereocenters. The summed E-state index contributed by atoms with van der Waals surface area (Å²) in [7, 11) is 0. The van der Waals surface area contributed by atoms with Crippen molar-refractivity contribution in [2.24, 2.45) is 5.92 Å². The molecule has 1 aliphatic heterocycles. The highest BCUT2D eigenvalue weighted by Gasteiger charge is 2.27. The van der Waals surface area contributed by atoms with Gasteiger partial charge in [0.15, 0.2) is 0 Å². The second-order valence-corrected chi connectivity index (χ2v) is 6.01. The summed E-state index contributed by atoms with van der Waals surface area (Å²) >= 11 is 1.36. The van der Waals surface area contributed by atoms with Crippen LogP contribution < -0.4 is 4.90 Å². The van der Waals surface area contributed by atoms with Crippen molar-refractivity contribution in [2.75, 3.05) is 18.0 Å². The van der Waals surface area contributed by atoms with E-state index in [-0.39, 0.29) is 5.92 Å². The number of anilines is 1. The average molecular weight is 303 g/mol. The Morgan fingerprint density at radius 3 is 2.95 bits per heavy atom. The van der Waals surface area contributed by atoms with Gasteiger partial charge in [0.2, 0.25) is 5.13 Å². The first-order valence-electron chi connectivity index (χ1n) is 7.06. The number of nitrogens with zero attached hydrogens (tertiary/aromatic N) is 3. The van der Waals surface area contributed by atoms with Gasteiger partial charge in [0, 0.05) is 31.0 Å². The van der Waals surface area contributed by atoms with Crippen molar-refractivity contribution in [3.05, 3.63) is 41.7 Å². The molecule has 1 aromatic carbocycles. The van der Waals surface area contributed by atoms with Gasteiger partial charge >= 0.3 is 5.97 Å². The van der Waals surface area contributed by atoms with Gasteiger partial charge in [-0.05, 0) is 18.4 Å². The maximum absolute atomic E-state index is 11.1. The SMILES string of the molecule is O=C(O)C1CCCN(c2nc(Cc3ccccc3)ns2)C1. The van der Waals surface area contributed by atoms with Gasteiger partial charge in [0.1, 0.15) is 5.82 Å². The Kier molecular flexibility index (Phi) is 4.15. The molecule has 1 saturated heterocycles. The molecule has 0 radical (unpaired) electrons. The quantitative estimate of drug-likeness (QED) is 0.939. The van der Waals surface area contributed by atoms with Gasteiger partial charge in [-0.15, -0.1) is 0 Å². The lowest BCUT2D eigenvalue weighted by Gasteiger charge is -2.29. The lowest BCUT2D eigenvalue weighted by molar-refractivity contribution is -0.141. The molecular formula is C15H17N3O2S. The van der Waals surface area contributed by atoms with Crippen LogP contribution in [0.3, 0.4) is 0 Å². The van der Waals surface area contributed by atoms with Crippen molar-refractivity contribution in [1.29, 1.82) is 0 Å². The second kappa shape index (κ2) is 6.22. The molecule has 0 bridgehead atoms. The van der Waals surface area contributed by atoms with Crippen molar-refractivity contribution >= 4 is 22.6 Å². The maximum atomic E-state index is 11.1. The predicted octanol–water partition coefficient (Wildman–Crippen LogP) is 2.43. The van der Waals surface area contributed by atoms with Crippen LogP contribution in [0.1, 0.15) is 24.2 Å². The Balaban J connectivity index is 1.68. The molecule has 2 heterocycles. The van der Waals surface area contributed by atoms with E-state index in [0.29, 0.717) is 13.0 Å². The number of hydrogen-bond donors (Lipinski definition) is 1. The van der Waals surface area contributed by atoms with E-state index in [1.165, 1.54) is 17.1 Å². The number of hydrogen-bond acceptors (Lipinski definition) is 5. The fourth-order valence-electron chi connectivity index (χ4n) is 2.58. The van der Waals surface area contributed by atoms with Crippen molar-refractivity contribution in [3.63, 3.8) is 0 Å². The molecule has 0 spiro atoms. The molecule has 1 aromatic heterocycles. The molecular weight excluding hydrogens is 286 g/mol. The topological polar surface area (TPSA) is 66.3 Å². The summed E-state index contributed by atoms with van der Waals surface area (Å²) in [5.41, 5.74) is 1.18. The summed E-state index contributed by atoms with van der Waals surface area (Å²) in [6.07, 6.45) is 2.36. The summed E-state index contributed by atoms with van der Waals surface area (Å²) in [4.78, 5) is 17.7. The number of carbonyl (C=O) groups is 1.